The van der Waals surface area contributed by atoms with Crippen molar-refractivity contribution in [2.24, 2.45) is 11.7 Å². The van der Waals surface area contributed by atoms with E-state index in [0.29, 0.717) is 6.04 Å². The minimum atomic E-state index is -0.0878. The molecule has 19 heavy (non-hydrogen) atoms. The molecule has 3 N–H and O–H groups in total. The SMILES string of the molecule is CC(Cc1cccc(C2(N)CC2)c1)C(=O)NC1CC1. The van der Waals surface area contributed by atoms with Crippen LogP contribution in [0.4, 0.5) is 0 Å². The Kier molecular flexibility index (Phi) is 3.09. The standard InChI is InChI=1S/C16H22N2O/c1-11(15(19)18-14-5-6-14)9-12-3-2-4-13(10-12)16(17)7-8-16/h2-4,10-11,14H,5-9,17H2,1H3,(H,18,19). The van der Waals surface area contributed by atoms with Crippen molar-refractivity contribution in [2.75, 3.05) is 0 Å². The zero-order valence-corrected chi connectivity index (χ0v) is 11.5. The number of carbonyl (C=O) groups excluding carboxylic acids is 1. The van der Waals surface area contributed by atoms with Crippen molar-refractivity contribution in [3.8, 4) is 0 Å². The first-order valence-electron chi connectivity index (χ1n) is 7.25. The molecule has 1 amide bonds. The number of nitrogens with one attached hydrogen (secondary N) is 1. The van der Waals surface area contributed by atoms with Gasteiger partial charge in [0.15, 0.2) is 0 Å². The van der Waals surface area contributed by atoms with Crippen LogP contribution in [0.2, 0.25) is 0 Å². The van der Waals surface area contributed by atoms with Gasteiger partial charge in [0.2, 0.25) is 5.91 Å². The Bertz CT molecular complexity index is 489. The lowest BCUT2D eigenvalue weighted by atomic mass is 9.96. The molecule has 2 fully saturated rings. The van der Waals surface area contributed by atoms with Gasteiger partial charge in [-0.25, -0.2) is 0 Å². The van der Waals surface area contributed by atoms with E-state index in [9.17, 15) is 4.79 Å². The molecule has 1 unspecified atom stereocenters. The van der Waals surface area contributed by atoms with Crippen LogP contribution in [-0.4, -0.2) is 11.9 Å². The maximum Gasteiger partial charge on any atom is 0.223 e. The van der Waals surface area contributed by atoms with Crippen LogP contribution >= 0.6 is 0 Å². The van der Waals surface area contributed by atoms with E-state index >= 15 is 0 Å². The summed E-state index contributed by atoms with van der Waals surface area (Å²) in [5, 5.41) is 3.07. The Morgan fingerprint density at radius 1 is 1.47 bits per heavy atom. The maximum atomic E-state index is 12.0. The molecule has 3 heteroatoms. The van der Waals surface area contributed by atoms with Gasteiger partial charge in [-0.2, -0.15) is 0 Å². The normalized spacial score (nSPS) is 21.8. The fourth-order valence-electron chi connectivity index (χ4n) is 2.45. The summed E-state index contributed by atoms with van der Waals surface area (Å²) in [6.07, 6.45) is 5.23. The van der Waals surface area contributed by atoms with Crippen LogP contribution < -0.4 is 11.1 Å². The Labute approximate surface area is 114 Å². The number of nitrogens with two attached hydrogens (primary N) is 1. The van der Waals surface area contributed by atoms with Gasteiger partial charge in [0.25, 0.3) is 0 Å². The number of hydrogen-bond donors (Lipinski definition) is 2. The summed E-state index contributed by atoms with van der Waals surface area (Å²) in [4.78, 5) is 12.0. The minimum Gasteiger partial charge on any atom is -0.353 e. The third-order valence-corrected chi connectivity index (χ3v) is 4.20. The van der Waals surface area contributed by atoms with Gasteiger partial charge in [0.05, 0.1) is 0 Å². The molecule has 3 nitrogen and oxygen atoms in total. The van der Waals surface area contributed by atoms with Crippen molar-refractivity contribution >= 4 is 5.91 Å². The van der Waals surface area contributed by atoms with Crippen LogP contribution in [0.15, 0.2) is 24.3 Å². The molecule has 1 aromatic rings. The number of rotatable bonds is 5. The van der Waals surface area contributed by atoms with Crippen molar-refractivity contribution < 1.29 is 4.79 Å². The molecule has 3 rings (SSSR count). The second-order valence-electron chi connectivity index (χ2n) is 6.24. The average Bonchev–Trinajstić information content (AvgIpc) is 3.29. The smallest absolute Gasteiger partial charge is 0.223 e. The molecular weight excluding hydrogens is 236 g/mol. The Hall–Kier alpha value is -1.35. The molecule has 0 saturated heterocycles. The topological polar surface area (TPSA) is 55.1 Å². The van der Waals surface area contributed by atoms with Crippen molar-refractivity contribution in [1.29, 1.82) is 0 Å². The second-order valence-corrected chi connectivity index (χ2v) is 6.24. The minimum absolute atomic E-state index is 0.0313. The Morgan fingerprint density at radius 3 is 2.84 bits per heavy atom. The fourth-order valence-corrected chi connectivity index (χ4v) is 2.45. The first-order valence-corrected chi connectivity index (χ1v) is 7.25. The summed E-state index contributed by atoms with van der Waals surface area (Å²) < 4.78 is 0. The third-order valence-electron chi connectivity index (χ3n) is 4.20. The maximum absolute atomic E-state index is 12.0. The van der Waals surface area contributed by atoms with E-state index in [1.54, 1.807) is 0 Å². The highest BCUT2D eigenvalue weighted by Gasteiger charge is 2.39. The van der Waals surface area contributed by atoms with Crippen LogP contribution in [-0.2, 0) is 16.8 Å². The summed E-state index contributed by atoms with van der Waals surface area (Å²) in [6.45, 7) is 2.00. The number of carbonyl (C=O) groups is 1. The first kappa shape index (κ1) is 12.7. The Balaban J connectivity index is 1.63. The van der Waals surface area contributed by atoms with Crippen LogP contribution in [0.5, 0.6) is 0 Å². The Morgan fingerprint density at radius 2 is 2.21 bits per heavy atom. The van der Waals surface area contributed by atoms with Gasteiger partial charge in [-0.05, 0) is 43.2 Å². The first-order chi connectivity index (χ1) is 9.07. The van der Waals surface area contributed by atoms with Gasteiger partial charge >= 0.3 is 0 Å². The summed E-state index contributed by atoms with van der Waals surface area (Å²) in [5.74, 6) is 0.213. The zero-order valence-electron chi connectivity index (χ0n) is 11.5. The quantitative estimate of drug-likeness (QED) is 0.849. The number of hydrogen-bond acceptors (Lipinski definition) is 2. The van der Waals surface area contributed by atoms with E-state index < -0.39 is 0 Å². The monoisotopic (exact) mass is 258 g/mol. The van der Waals surface area contributed by atoms with Crippen LogP contribution in [0, 0.1) is 5.92 Å². The van der Waals surface area contributed by atoms with E-state index in [1.807, 2.05) is 6.92 Å². The molecular formula is C16H22N2O. The lowest BCUT2D eigenvalue weighted by molar-refractivity contribution is -0.124. The molecule has 0 heterocycles. The summed E-state index contributed by atoms with van der Waals surface area (Å²) in [7, 11) is 0. The fraction of sp³-hybridized carbons (Fsp3) is 0.562. The summed E-state index contributed by atoms with van der Waals surface area (Å²) in [6, 6.07) is 8.87. The molecule has 102 valence electrons. The third kappa shape index (κ3) is 2.98. The van der Waals surface area contributed by atoms with Gasteiger partial charge in [-0.3, -0.25) is 4.79 Å². The van der Waals surface area contributed by atoms with E-state index in [2.05, 4.69) is 29.6 Å². The van der Waals surface area contributed by atoms with Crippen molar-refractivity contribution in [3.05, 3.63) is 35.4 Å². The molecule has 2 aliphatic rings. The molecule has 0 aliphatic heterocycles. The van der Waals surface area contributed by atoms with E-state index in [0.717, 1.165) is 32.1 Å². The highest BCUT2D eigenvalue weighted by atomic mass is 16.1. The molecule has 1 atom stereocenters. The summed E-state index contributed by atoms with van der Waals surface area (Å²) >= 11 is 0. The van der Waals surface area contributed by atoms with E-state index in [1.165, 1.54) is 11.1 Å². The van der Waals surface area contributed by atoms with Crippen LogP contribution in [0.1, 0.15) is 43.7 Å². The van der Waals surface area contributed by atoms with Gasteiger partial charge in [0, 0.05) is 17.5 Å². The lowest BCUT2D eigenvalue weighted by Crippen LogP contribution is -2.31. The van der Waals surface area contributed by atoms with Gasteiger partial charge < -0.3 is 11.1 Å². The molecule has 0 radical (unpaired) electrons. The predicted octanol–water partition coefficient (Wildman–Crippen LogP) is 2.09. The second kappa shape index (κ2) is 4.64. The van der Waals surface area contributed by atoms with Crippen molar-refractivity contribution in [1.82, 2.24) is 5.32 Å². The highest BCUT2D eigenvalue weighted by molar-refractivity contribution is 5.79. The molecule has 2 saturated carbocycles. The van der Waals surface area contributed by atoms with Gasteiger partial charge in [-0.15, -0.1) is 0 Å². The van der Waals surface area contributed by atoms with E-state index in [-0.39, 0.29) is 17.4 Å². The average molecular weight is 258 g/mol. The predicted molar refractivity (Wildman–Crippen MR) is 75.6 cm³/mol. The van der Waals surface area contributed by atoms with Crippen LogP contribution in [0.3, 0.4) is 0 Å². The molecule has 2 aliphatic carbocycles. The molecule has 0 bridgehead atoms. The van der Waals surface area contributed by atoms with Crippen molar-refractivity contribution in [2.45, 2.75) is 50.6 Å². The summed E-state index contributed by atoms with van der Waals surface area (Å²) in [5.41, 5.74) is 8.57. The molecule has 1 aromatic carbocycles. The number of benzene rings is 1. The van der Waals surface area contributed by atoms with Crippen LogP contribution in [0.25, 0.3) is 0 Å². The van der Waals surface area contributed by atoms with Gasteiger partial charge in [0.1, 0.15) is 0 Å². The largest absolute Gasteiger partial charge is 0.353 e. The van der Waals surface area contributed by atoms with Gasteiger partial charge in [-0.1, -0.05) is 31.2 Å². The molecule has 0 spiro atoms. The zero-order chi connectivity index (χ0) is 13.5. The van der Waals surface area contributed by atoms with Crippen molar-refractivity contribution in [3.63, 3.8) is 0 Å². The highest BCUT2D eigenvalue weighted by Crippen LogP contribution is 2.42. The van der Waals surface area contributed by atoms with E-state index in [4.69, 9.17) is 5.73 Å². The number of amides is 1. The molecule has 0 aromatic heterocycles. The lowest BCUT2D eigenvalue weighted by Gasteiger charge is -2.14.